The first-order valence-electron chi connectivity index (χ1n) is 11.6. The van der Waals surface area contributed by atoms with Gasteiger partial charge in [-0.25, -0.2) is 13.2 Å². The Hall–Kier alpha value is -3.40. The molecule has 0 amide bonds. The van der Waals surface area contributed by atoms with Crippen molar-refractivity contribution < 1.29 is 28.2 Å². The first-order valence-corrected chi connectivity index (χ1v) is 13.5. The van der Waals surface area contributed by atoms with Crippen LogP contribution in [0.2, 0.25) is 0 Å². The third kappa shape index (κ3) is 8.08. The third-order valence-corrected chi connectivity index (χ3v) is 5.97. The predicted molar refractivity (Wildman–Crippen MR) is 141 cm³/mol. The van der Waals surface area contributed by atoms with Crippen LogP contribution in [0.5, 0.6) is 5.75 Å². The van der Waals surface area contributed by atoms with E-state index in [0.717, 1.165) is 29.4 Å². The summed E-state index contributed by atoms with van der Waals surface area (Å²) in [5.41, 5.74) is 4.10. The van der Waals surface area contributed by atoms with Gasteiger partial charge in [0, 0.05) is 12.2 Å². The highest BCUT2D eigenvalue weighted by atomic mass is 32.2. The highest BCUT2D eigenvalue weighted by Crippen LogP contribution is 2.28. The third-order valence-electron chi connectivity index (χ3n) is 5.36. The number of aliphatic hydroxyl groups excluding tert-OH is 1. The molecule has 0 spiro atoms. The molecule has 192 valence electrons. The van der Waals surface area contributed by atoms with Crippen molar-refractivity contribution in [1.29, 1.82) is 0 Å². The monoisotopic (exact) mass is 512 g/mol. The fraction of sp³-hybridized carbons (Fsp3) is 0.296. The molecule has 0 aliphatic rings. The van der Waals surface area contributed by atoms with Gasteiger partial charge in [0.15, 0.2) is 0 Å². The molecule has 0 fully saturated rings. The van der Waals surface area contributed by atoms with Crippen LogP contribution >= 0.6 is 0 Å². The zero-order valence-corrected chi connectivity index (χ0v) is 21.4. The van der Waals surface area contributed by atoms with Crippen molar-refractivity contribution in [3.8, 4) is 16.9 Å². The van der Waals surface area contributed by atoms with Gasteiger partial charge in [0.1, 0.15) is 11.3 Å². The number of sulfonamides is 1. The molecule has 1 atom stereocenters. The van der Waals surface area contributed by atoms with Gasteiger partial charge in [-0.15, -0.1) is 0 Å². The lowest BCUT2D eigenvalue weighted by Crippen LogP contribution is -2.23. The summed E-state index contributed by atoms with van der Waals surface area (Å²) in [6.07, 6.45) is 0.921. The molecule has 3 aromatic carbocycles. The van der Waals surface area contributed by atoms with Crippen molar-refractivity contribution in [3.05, 3.63) is 83.4 Å². The standard InChI is InChI=1S/C27H32N2O6S/c1-18(2)35-26-16-21(11-12-24(26)27(31)32)20-9-7-19(8-10-20)13-14-28-17-25(30)22-5-4-6-23(15-22)29-36(3,33)34/h4-12,15-16,18,25,28-30H,13-14,17H2,1-3H3,(H,31,32)/t25-/m1/s1. The first-order chi connectivity index (χ1) is 17.0. The van der Waals surface area contributed by atoms with Crippen molar-refractivity contribution in [2.75, 3.05) is 24.1 Å². The Kier molecular flexibility index (Phi) is 9.08. The molecule has 0 saturated carbocycles. The normalized spacial score (nSPS) is 12.4. The van der Waals surface area contributed by atoms with Crippen LogP contribution in [0, 0.1) is 0 Å². The van der Waals surface area contributed by atoms with E-state index < -0.39 is 22.1 Å². The van der Waals surface area contributed by atoms with Gasteiger partial charge in [0.05, 0.1) is 18.5 Å². The van der Waals surface area contributed by atoms with Crippen LogP contribution in [0.3, 0.4) is 0 Å². The van der Waals surface area contributed by atoms with Crippen LogP contribution in [-0.2, 0) is 16.4 Å². The van der Waals surface area contributed by atoms with Crippen LogP contribution < -0.4 is 14.8 Å². The molecule has 3 aromatic rings. The Morgan fingerprint density at radius 3 is 2.33 bits per heavy atom. The summed E-state index contributed by atoms with van der Waals surface area (Å²) in [6.45, 7) is 4.69. The van der Waals surface area contributed by atoms with Gasteiger partial charge in [-0.2, -0.15) is 0 Å². The van der Waals surface area contributed by atoms with Crippen LogP contribution in [0.15, 0.2) is 66.7 Å². The summed E-state index contributed by atoms with van der Waals surface area (Å²) in [5.74, 6) is -0.678. The van der Waals surface area contributed by atoms with Crippen LogP contribution in [0.1, 0.15) is 41.4 Å². The largest absolute Gasteiger partial charge is 0.490 e. The van der Waals surface area contributed by atoms with Gasteiger partial charge in [-0.3, -0.25) is 4.72 Å². The molecular weight excluding hydrogens is 480 g/mol. The van der Waals surface area contributed by atoms with E-state index in [0.29, 0.717) is 30.1 Å². The summed E-state index contributed by atoms with van der Waals surface area (Å²) < 4.78 is 30.9. The molecular formula is C27H32N2O6S. The fourth-order valence-corrected chi connectivity index (χ4v) is 4.26. The maximum atomic E-state index is 11.5. The minimum Gasteiger partial charge on any atom is -0.490 e. The molecule has 0 bridgehead atoms. The highest BCUT2D eigenvalue weighted by molar-refractivity contribution is 7.92. The summed E-state index contributed by atoms with van der Waals surface area (Å²) in [7, 11) is -3.38. The average molecular weight is 513 g/mol. The van der Waals surface area contributed by atoms with Gasteiger partial charge < -0.3 is 20.3 Å². The van der Waals surface area contributed by atoms with Gasteiger partial charge >= 0.3 is 5.97 Å². The molecule has 9 heteroatoms. The second kappa shape index (κ2) is 12.0. The maximum absolute atomic E-state index is 11.5. The van der Waals surface area contributed by atoms with Crippen LogP contribution in [-0.4, -0.2) is 50.0 Å². The van der Waals surface area contributed by atoms with E-state index in [2.05, 4.69) is 10.0 Å². The lowest BCUT2D eigenvalue weighted by molar-refractivity contribution is 0.0690. The molecule has 0 aliphatic heterocycles. The average Bonchev–Trinajstić information content (AvgIpc) is 2.80. The smallest absolute Gasteiger partial charge is 0.339 e. The molecule has 0 radical (unpaired) electrons. The lowest BCUT2D eigenvalue weighted by Gasteiger charge is -2.14. The SMILES string of the molecule is CC(C)Oc1cc(-c2ccc(CCNC[C@@H](O)c3cccc(NS(C)(=O)=O)c3)cc2)ccc1C(=O)O. The number of hydrogen-bond acceptors (Lipinski definition) is 6. The molecule has 0 saturated heterocycles. The van der Waals surface area contributed by atoms with Crippen molar-refractivity contribution in [2.45, 2.75) is 32.5 Å². The molecule has 4 N–H and O–H groups in total. The Morgan fingerprint density at radius 2 is 1.69 bits per heavy atom. The number of carbonyl (C=O) groups is 1. The van der Waals surface area contributed by atoms with E-state index in [1.165, 1.54) is 0 Å². The Labute approximate surface area is 212 Å². The van der Waals surface area contributed by atoms with Crippen molar-refractivity contribution in [2.24, 2.45) is 0 Å². The van der Waals surface area contributed by atoms with Gasteiger partial charge in [0.2, 0.25) is 10.0 Å². The minimum absolute atomic E-state index is 0.135. The van der Waals surface area contributed by atoms with E-state index in [1.54, 1.807) is 42.5 Å². The molecule has 3 rings (SSSR count). The number of carboxylic acids is 1. The number of anilines is 1. The number of ether oxygens (including phenoxy) is 1. The van der Waals surface area contributed by atoms with Crippen LogP contribution in [0.25, 0.3) is 11.1 Å². The van der Waals surface area contributed by atoms with Gasteiger partial charge in [0.25, 0.3) is 0 Å². The zero-order valence-electron chi connectivity index (χ0n) is 20.6. The Morgan fingerprint density at radius 1 is 1.00 bits per heavy atom. The highest BCUT2D eigenvalue weighted by Gasteiger charge is 2.14. The van der Waals surface area contributed by atoms with E-state index in [-0.39, 0.29) is 11.7 Å². The fourth-order valence-electron chi connectivity index (χ4n) is 3.71. The number of aromatic carboxylic acids is 1. The molecule has 0 aliphatic carbocycles. The minimum atomic E-state index is -3.38. The van der Waals surface area contributed by atoms with Gasteiger partial charge in [-0.1, -0.05) is 42.5 Å². The summed E-state index contributed by atoms with van der Waals surface area (Å²) >= 11 is 0. The molecule has 0 aromatic heterocycles. The first kappa shape index (κ1) is 27.2. The zero-order chi connectivity index (χ0) is 26.3. The molecule has 36 heavy (non-hydrogen) atoms. The lowest BCUT2D eigenvalue weighted by atomic mass is 10.0. The molecule has 8 nitrogen and oxygen atoms in total. The summed E-state index contributed by atoms with van der Waals surface area (Å²) in [5, 5.41) is 23.1. The molecule has 0 heterocycles. The second-order valence-corrected chi connectivity index (χ2v) is 10.6. The molecule has 0 unspecified atom stereocenters. The van der Waals surface area contributed by atoms with Crippen molar-refractivity contribution in [3.63, 3.8) is 0 Å². The van der Waals surface area contributed by atoms with E-state index in [4.69, 9.17) is 4.74 Å². The Balaban J connectivity index is 1.55. The van der Waals surface area contributed by atoms with Gasteiger partial charge in [-0.05, 0) is 73.3 Å². The number of aliphatic hydroxyl groups is 1. The maximum Gasteiger partial charge on any atom is 0.339 e. The topological polar surface area (TPSA) is 125 Å². The van der Waals surface area contributed by atoms with Crippen LogP contribution in [0.4, 0.5) is 5.69 Å². The predicted octanol–water partition coefficient (Wildman–Crippen LogP) is 4.08. The number of hydrogen-bond donors (Lipinski definition) is 4. The quantitative estimate of drug-likeness (QED) is 0.270. The second-order valence-electron chi connectivity index (χ2n) is 8.85. The van der Waals surface area contributed by atoms with E-state index >= 15 is 0 Å². The summed E-state index contributed by atoms with van der Waals surface area (Å²) in [4.78, 5) is 11.5. The summed E-state index contributed by atoms with van der Waals surface area (Å²) in [6, 6.07) is 19.8. The van der Waals surface area contributed by atoms with Crippen molar-refractivity contribution >= 4 is 21.7 Å². The number of benzene rings is 3. The number of nitrogens with one attached hydrogen (secondary N) is 2. The van der Waals surface area contributed by atoms with E-state index in [1.807, 2.05) is 38.1 Å². The number of rotatable bonds is 12. The van der Waals surface area contributed by atoms with E-state index in [9.17, 15) is 23.4 Å². The van der Waals surface area contributed by atoms with Crippen molar-refractivity contribution in [1.82, 2.24) is 5.32 Å². The number of carboxylic acid groups (broad SMARTS) is 1. The Bertz CT molecular complexity index is 1290.